The first-order valence-corrected chi connectivity index (χ1v) is 14.2. The molecule has 2 N–H and O–H groups in total. The monoisotopic (exact) mass is 557 g/mol. The normalized spacial score (nSPS) is 12.4. The highest BCUT2D eigenvalue weighted by atomic mass is 32.2. The first kappa shape index (κ1) is 29.8. The Kier molecular flexibility index (Phi) is 9.13. The minimum absolute atomic E-state index is 0.00222. The second-order valence-corrected chi connectivity index (χ2v) is 11.7. The van der Waals surface area contributed by atoms with Crippen molar-refractivity contribution in [1.82, 2.24) is 19.8 Å². The molecule has 1 aromatic heterocycles. The van der Waals surface area contributed by atoms with Gasteiger partial charge in [0.1, 0.15) is 10.6 Å². The maximum Gasteiger partial charge on any atom is 0.272 e. The topological polar surface area (TPSA) is 145 Å². The summed E-state index contributed by atoms with van der Waals surface area (Å²) in [4.78, 5) is 23.5. The molecule has 0 saturated heterocycles. The fourth-order valence-corrected chi connectivity index (χ4v) is 5.06. The van der Waals surface area contributed by atoms with Gasteiger partial charge in [-0.2, -0.15) is 9.78 Å². The van der Waals surface area contributed by atoms with Crippen LogP contribution in [0.2, 0.25) is 0 Å². The first-order valence-electron chi connectivity index (χ1n) is 12.7. The molecule has 3 aromatic rings. The molecule has 0 aliphatic heterocycles. The molecule has 0 spiro atoms. The highest BCUT2D eigenvalue weighted by Gasteiger charge is 2.28. The number of ether oxygens (including phenoxy) is 1. The SMILES string of the molecule is CC[C@@H](C)NC(=O)c1nn(-c2cccc(C)c2C)c(Oc2ccc([N+](=O)[O-])cc2S(=O)(=O)NCC(C)C)c1C. The summed E-state index contributed by atoms with van der Waals surface area (Å²) in [6.45, 7) is 13.1. The zero-order valence-corrected chi connectivity index (χ0v) is 24.0. The number of nitrogens with zero attached hydrogens (tertiary/aromatic N) is 3. The summed E-state index contributed by atoms with van der Waals surface area (Å²) in [6.07, 6.45) is 0.721. The molecular weight excluding hydrogens is 522 g/mol. The van der Waals surface area contributed by atoms with Crippen molar-refractivity contribution in [3.63, 3.8) is 0 Å². The van der Waals surface area contributed by atoms with Crippen molar-refractivity contribution in [2.45, 2.75) is 65.8 Å². The van der Waals surface area contributed by atoms with Gasteiger partial charge in [-0.15, -0.1) is 0 Å². The molecule has 1 amide bonds. The van der Waals surface area contributed by atoms with Crippen LogP contribution in [0.25, 0.3) is 5.69 Å². The second kappa shape index (κ2) is 12.0. The summed E-state index contributed by atoms with van der Waals surface area (Å²) in [5.41, 5.74) is 2.60. The number of aryl methyl sites for hydroxylation is 1. The standard InChI is InChI=1S/C27H35N5O6S/c1-8-18(5)29-26(33)25-20(7)27(31(30-25)22-11-9-10-17(4)19(22)6)38-23-13-12-21(32(34)35)14-24(23)39(36,37)28-15-16(2)3/h9-14,16,18,28H,8,15H2,1-7H3,(H,29,33)/t18-/m1/s1. The lowest BCUT2D eigenvalue weighted by Gasteiger charge is -2.16. The van der Waals surface area contributed by atoms with Crippen LogP contribution in [-0.2, 0) is 10.0 Å². The molecule has 0 aliphatic carbocycles. The number of nitro groups is 1. The Morgan fingerprint density at radius 3 is 2.44 bits per heavy atom. The third-order valence-electron chi connectivity index (χ3n) is 6.39. The quantitative estimate of drug-likeness (QED) is 0.250. The molecule has 3 rings (SSSR count). The molecule has 0 fully saturated rings. The smallest absolute Gasteiger partial charge is 0.272 e. The van der Waals surface area contributed by atoms with Crippen molar-refractivity contribution in [2.75, 3.05) is 6.54 Å². The van der Waals surface area contributed by atoms with E-state index in [1.165, 1.54) is 16.8 Å². The molecule has 1 heterocycles. The number of carbonyl (C=O) groups excluding carboxylic acids is 1. The van der Waals surface area contributed by atoms with E-state index < -0.39 is 31.4 Å². The summed E-state index contributed by atoms with van der Waals surface area (Å²) in [5, 5.41) is 18.9. The Bertz CT molecular complexity index is 1500. The largest absolute Gasteiger partial charge is 0.437 e. The van der Waals surface area contributed by atoms with E-state index >= 15 is 0 Å². The molecule has 0 aliphatic rings. The minimum atomic E-state index is -4.18. The van der Waals surface area contributed by atoms with Crippen molar-refractivity contribution >= 4 is 21.6 Å². The van der Waals surface area contributed by atoms with Crippen LogP contribution in [0.4, 0.5) is 5.69 Å². The molecule has 0 radical (unpaired) electrons. The van der Waals surface area contributed by atoms with Gasteiger partial charge >= 0.3 is 0 Å². The Balaban J connectivity index is 2.23. The van der Waals surface area contributed by atoms with Crippen molar-refractivity contribution in [1.29, 1.82) is 0 Å². The molecule has 39 heavy (non-hydrogen) atoms. The fourth-order valence-electron chi connectivity index (χ4n) is 3.70. The Hall–Kier alpha value is -3.77. The van der Waals surface area contributed by atoms with Crippen LogP contribution in [-0.4, -0.2) is 41.6 Å². The van der Waals surface area contributed by atoms with Crippen LogP contribution in [0.3, 0.4) is 0 Å². The van der Waals surface area contributed by atoms with Crippen LogP contribution >= 0.6 is 0 Å². The lowest BCUT2D eigenvalue weighted by molar-refractivity contribution is -0.385. The van der Waals surface area contributed by atoms with E-state index in [4.69, 9.17) is 4.74 Å². The maximum atomic E-state index is 13.2. The van der Waals surface area contributed by atoms with Gasteiger partial charge in [-0.1, -0.05) is 32.9 Å². The summed E-state index contributed by atoms with van der Waals surface area (Å²) in [7, 11) is -4.18. The van der Waals surface area contributed by atoms with E-state index in [-0.39, 0.29) is 35.8 Å². The van der Waals surface area contributed by atoms with Crippen molar-refractivity contribution in [3.05, 3.63) is 68.9 Å². The fraction of sp³-hybridized carbons (Fsp3) is 0.407. The van der Waals surface area contributed by atoms with Crippen LogP contribution in [0, 0.1) is 36.8 Å². The van der Waals surface area contributed by atoms with Gasteiger partial charge in [0.25, 0.3) is 11.6 Å². The molecule has 2 aromatic carbocycles. The molecule has 0 unspecified atom stereocenters. The zero-order chi connectivity index (χ0) is 29.1. The van der Waals surface area contributed by atoms with Gasteiger partial charge in [0.15, 0.2) is 5.69 Å². The molecular formula is C27H35N5O6S. The van der Waals surface area contributed by atoms with Gasteiger partial charge in [-0.25, -0.2) is 13.1 Å². The maximum absolute atomic E-state index is 13.2. The van der Waals surface area contributed by atoms with Crippen molar-refractivity contribution < 1.29 is 22.9 Å². The number of hydrogen-bond acceptors (Lipinski definition) is 7. The molecule has 1 atom stereocenters. The van der Waals surface area contributed by atoms with E-state index in [2.05, 4.69) is 15.1 Å². The molecule has 11 nitrogen and oxygen atoms in total. The number of carbonyl (C=O) groups is 1. The predicted octanol–water partition coefficient (Wildman–Crippen LogP) is 4.96. The van der Waals surface area contributed by atoms with Gasteiger partial charge in [-0.3, -0.25) is 14.9 Å². The highest BCUT2D eigenvalue weighted by molar-refractivity contribution is 7.89. The summed E-state index contributed by atoms with van der Waals surface area (Å²) >= 11 is 0. The molecule has 12 heteroatoms. The number of aromatic nitrogens is 2. The van der Waals surface area contributed by atoms with E-state index in [0.717, 1.165) is 23.6 Å². The number of hydrogen-bond donors (Lipinski definition) is 2. The summed E-state index contributed by atoms with van der Waals surface area (Å²) in [6, 6.07) is 8.87. The molecule has 0 bridgehead atoms. The Morgan fingerprint density at radius 1 is 1.13 bits per heavy atom. The Morgan fingerprint density at radius 2 is 1.82 bits per heavy atom. The predicted molar refractivity (Wildman–Crippen MR) is 148 cm³/mol. The van der Waals surface area contributed by atoms with E-state index in [0.29, 0.717) is 11.3 Å². The van der Waals surface area contributed by atoms with Crippen LogP contribution < -0.4 is 14.8 Å². The number of nitrogens with one attached hydrogen (secondary N) is 2. The number of non-ortho nitro benzene ring substituents is 1. The van der Waals surface area contributed by atoms with Gasteiger partial charge in [-0.05, 0) is 63.3 Å². The number of nitro benzene ring substituents is 1. The second-order valence-electron chi connectivity index (χ2n) is 9.93. The third-order valence-corrected chi connectivity index (χ3v) is 7.84. The van der Waals surface area contributed by atoms with Gasteiger partial charge in [0.05, 0.1) is 10.6 Å². The van der Waals surface area contributed by atoms with Crippen LogP contribution in [0.1, 0.15) is 61.3 Å². The molecule has 0 saturated carbocycles. The average Bonchev–Trinajstić information content (AvgIpc) is 3.20. The summed E-state index contributed by atoms with van der Waals surface area (Å²) in [5.74, 6) is -0.416. The summed E-state index contributed by atoms with van der Waals surface area (Å²) < 4.78 is 36.6. The van der Waals surface area contributed by atoms with Crippen LogP contribution in [0.5, 0.6) is 11.6 Å². The lowest BCUT2D eigenvalue weighted by Crippen LogP contribution is -2.32. The van der Waals surface area contributed by atoms with Crippen molar-refractivity contribution in [3.8, 4) is 17.3 Å². The highest BCUT2D eigenvalue weighted by Crippen LogP contribution is 2.36. The number of rotatable bonds is 11. The number of sulfonamides is 1. The Labute approximate surface area is 228 Å². The van der Waals surface area contributed by atoms with Crippen molar-refractivity contribution in [2.24, 2.45) is 5.92 Å². The minimum Gasteiger partial charge on any atom is -0.437 e. The third kappa shape index (κ3) is 6.63. The van der Waals surface area contributed by atoms with Crippen LogP contribution in [0.15, 0.2) is 41.3 Å². The van der Waals surface area contributed by atoms with Gasteiger partial charge in [0.2, 0.25) is 15.9 Å². The zero-order valence-electron chi connectivity index (χ0n) is 23.2. The average molecular weight is 558 g/mol. The first-order chi connectivity index (χ1) is 18.3. The number of benzene rings is 2. The van der Waals surface area contributed by atoms with Gasteiger partial charge in [0, 0.05) is 30.3 Å². The van der Waals surface area contributed by atoms with E-state index in [9.17, 15) is 23.3 Å². The number of amides is 1. The van der Waals surface area contributed by atoms with E-state index in [1.54, 1.807) is 6.92 Å². The van der Waals surface area contributed by atoms with Gasteiger partial charge < -0.3 is 10.1 Å². The van der Waals surface area contributed by atoms with E-state index in [1.807, 2.05) is 59.7 Å². The lowest BCUT2D eigenvalue weighted by atomic mass is 10.1. The molecule has 210 valence electrons.